The van der Waals surface area contributed by atoms with Crippen LogP contribution in [0.1, 0.15) is 53.2 Å². The van der Waals surface area contributed by atoms with Crippen molar-refractivity contribution < 1.29 is 22.3 Å². The van der Waals surface area contributed by atoms with Crippen molar-refractivity contribution in [2.45, 2.75) is 44.2 Å². The minimum Gasteiger partial charge on any atom is -0.489 e. The zero-order valence-corrected chi connectivity index (χ0v) is 21.8. The van der Waals surface area contributed by atoms with Crippen LogP contribution in [0.15, 0.2) is 48.5 Å². The average Bonchev–Trinajstić information content (AvgIpc) is 3.62. The molecule has 0 unspecified atom stereocenters. The summed E-state index contributed by atoms with van der Waals surface area (Å²) >= 11 is 0. The third-order valence-electron chi connectivity index (χ3n) is 6.83. The number of aryl methyl sites for hydroxylation is 1. The van der Waals surface area contributed by atoms with Crippen molar-refractivity contribution in [2.24, 2.45) is 7.05 Å². The van der Waals surface area contributed by atoms with Crippen molar-refractivity contribution in [3.05, 3.63) is 71.2 Å². The first kappa shape index (κ1) is 25.4. The number of ether oxygens (including phenoxy) is 1. The maximum atomic E-state index is 14.9. The molecule has 196 valence electrons. The SMILES string of the molecule is Cn1nc(-c2ccccc2)cc1CN1CCC[C@@H](Oc2cc(F)c(C(=O)NS(C)(=O)=O)cc2C2CC2)C1. The smallest absolute Gasteiger partial charge is 0.267 e. The van der Waals surface area contributed by atoms with Crippen LogP contribution in [-0.4, -0.2) is 54.5 Å². The van der Waals surface area contributed by atoms with Crippen LogP contribution in [0.3, 0.4) is 0 Å². The Balaban J connectivity index is 1.29. The summed E-state index contributed by atoms with van der Waals surface area (Å²) in [6, 6.07) is 14.9. The number of amides is 1. The van der Waals surface area contributed by atoms with Gasteiger partial charge >= 0.3 is 0 Å². The first-order valence-electron chi connectivity index (χ1n) is 12.5. The average molecular weight is 527 g/mol. The fourth-order valence-electron chi connectivity index (χ4n) is 4.85. The van der Waals surface area contributed by atoms with Crippen LogP contribution in [0, 0.1) is 5.82 Å². The van der Waals surface area contributed by atoms with E-state index in [0.717, 1.165) is 67.5 Å². The normalized spacial score (nSPS) is 18.5. The highest BCUT2D eigenvalue weighted by atomic mass is 32.2. The molecular weight excluding hydrogens is 495 g/mol. The first-order chi connectivity index (χ1) is 17.7. The van der Waals surface area contributed by atoms with E-state index >= 15 is 0 Å². The Kier molecular flexibility index (Phi) is 7.04. The van der Waals surface area contributed by atoms with Crippen LogP contribution in [0.4, 0.5) is 4.39 Å². The minimum atomic E-state index is -3.80. The van der Waals surface area contributed by atoms with Gasteiger partial charge in [0, 0.05) is 31.8 Å². The second kappa shape index (κ2) is 10.3. The molecule has 0 bridgehead atoms. The maximum Gasteiger partial charge on any atom is 0.267 e. The minimum absolute atomic E-state index is 0.122. The molecule has 0 radical (unpaired) electrons. The highest BCUT2D eigenvalue weighted by molar-refractivity contribution is 7.89. The number of likely N-dealkylation sites (tertiary alicyclic amines) is 1. The van der Waals surface area contributed by atoms with E-state index in [9.17, 15) is 17.6 Å². The molecule has 5 rings (SSSR count). The Morgan fingerprint density at radius 3 is 2.62 bits per heavy atom. The van der Waals surface area contributed by atoms with Gasteiger partial charge in [0.2, 0.25) is 10.0 Å². The second-order valence-electron chi connectivity index (χ2n) is 9.98. The molecule has 37 heavy (non-hydrogen) atoms. The van der Waals surface area contributed by atoms with Crippen LogP contribution >= 0.6 is 0 Å². The highest BCUT2D eigenvalue weighted by Gasteiger charge is 2.31. The third-order valence-corrected chi connectivity index (χ3v) is 7.38. The molecule has 2 fully saturated rings. The standard InChI is InChI=1S/C27H31FN4O4S/c1-31-20(13-25(29-31)19-7-4-3-5-8-19)16-32-12-6-9-21(17-32)36-26-15-24(28)23(14-22(26)18-10-11-18)27(33)30-37(2,34)35/h3-5,7-8,13-15,18,21H,6,9-12,16-17H2,1-2H3,(H,30,33)/t21-/m1/s1. The van der Waals surface area contributed by atoms with Crippen LogP contribution in [0.25, 0.3) is 11.3 Å². The summed E-state index contributed by atoms with van der Waals surface area (Å²) in [4.78, 5) is 14.6. The molecule has 1 amide bonds. The second-order valence-corrected chi connectivity index (χ2v) is 11.7. The van der Waals surface area contributed by atoms with Gasteiger partial charge in [0.05, 0.1) is 23.2 Å². The number of nitrogens with one attached hydrogen (secondary N) is 1. The van der Waals surface area contributed by atoms with Gasteiger partial charge in [-0.3, -0.25) is 14.4 Å². The van der Waals surface area contributed by atoms with Crippen molar-refractivity contribution in [2.75, 3.05) is 19.3 Å². The molecule has 8 nitrogen and oxygen atoms in total. The highest BCUT2D eigenvalue weighted by Crippen LogP contribution is 2.45. The van der Waals surface area contributed by atoms with Gasteiger partial charge in [-0.05, 0) is 55.8 Å². The molecule has 1 saturated heterocycles. The lowest BCUT2D eigenvalue weighted by molar-refractivity contribution is 0.0818. The molecule has 2 aliphatic rings. The number of carbonyl (C=O) groups excluding carboxylic acids is 1. The van der Waals surface area contributed by atoms with E-state index in [1.165, 1.54) is 12.1 Å². The summed E-state index contributed by atoms with van der Waals surface area (Å²) in [5.74, 6) is -1.14. The Hall–Kier alpha value is -3.24. The molecule has 1 aliphatic carbocycles. The Morgan fingerprint density at radius 2 is 1.92 bits per heavy atom. The lowest BCUT2D eigenvalue weighted by Crippen LogP contribution is -2.41. The fraction of sp³-hybridized carbons (Fsp3) is 0.407. The summed E-state index contributed by atoms with van der Waals surface area (Å²) in [6.45, 7) is 2.35. The van der Waals surface area contributed by atoms with Crippen LogP contribution < -0.4 is 9.46 Å². The lowest BCUT2D eigenvalue weighted by Gasteiger charge is -2.33. The Bertz CT molecular complexity index is 1400. The molecule has 1 aliphatic heterocycles. The molecule has 1 N–H and O–H groups in total. The zero-order valence-electron chi connectivity index (χ0n) is 21.0. The van der Waals surface area contributed by atoms with Gasteiger partial charge < -0.3 is 4.74 Å². The molecule has 0 spiro atoms. The largest absolute Gasteiger partial charge is 0.489 e. The lowest BCUT2D eigenvalue weighted by atomic mass is 10.0. The van der Waals surface area contributed by atoms with Crippen LogP contribution in [0.5, 0.6) is 5.75 Å². The molecule has 1 saturated carbocycles. The number of carbonyl (C=O) groups is 1. The van der Waals surface area contributed by atoms with Crippen molar-refractivity contribution in [1.29, 1.82) is 0 Å². The van der Waals surface area contributed by atoms with Gasteiger partial charge in [0.1, 0.15) is 17.7 Å². The van der Waals surface area contributed by atoms with Crippen molar-refractivity contribution in [3.63, 3.8) is 0 Å². The quantitative estimate of drug-likeness (QED) is 0.480. The fourth-order valence-corrected chi connectivity index (χ4v) is 5.30. The van der Waals surface area contributed by atoms with E-state index in [1.807, 2.05) is 46.8 Å². The number of sulfonamides is 1. The van der Waals surface area contributed by atoms with Gasteiger partial charge in [-0.15, -0.1) is 0 Å². The van der Waals surface area contributed by atoms with E-state index in [1.54, 1.807) is 0 Å². The van der Waals surface area contributed by atoms with E-state index in [4.69, 9.17) is 4.74 Å². The van der Waals surface area contributed by atoms with Crippen molar-refractivity contribution >= 4 is 15.9 Å². The van der Waals surface area contributed by atoms with Crippen molar-refractivity contribution in [1.82, 2.24) is 19.4 Å². The van der Waals surface area contributed by atoms with E-state index in [2.05, 4.69) is 16.1 Å². The van der Waals surface area contributed by atoms with Gasteiger partial charge in [-0.25, -0.2) is 17.5 Å². The van der Waals surface area contributed by atoms with E-state index < -0.39 is 21.7 Å². The summed E-state index contributed by atoms with van der Waals surface area (Å²) in [6.07, 6.45) is 4.39. The van der Waals surface area contributed by atoms with Gasteiger partial charge in [0.25, 0.3) is 5.91 Å². The summed E-state index contributed by atoms with van der Waals surface area (Å²) in [7, 11) is -1.85. The Morgan fingerprint density at radius 1 is 1.16 bits per heavy atom. The number of piperidine rings is 1. The Labute approximate surface area is 216 Å². The predicted molar refractivity (Wildman–Crippen MR) is 138 cm³/mol. The number of nitrogens with zero attached hydrogens (tertiary/aromatic N) is 3. The number of hydrogen-bond acceptors (Lipinski definition) is 6. The maximum absolute atomic E-state index is 14.9. The number of aromatic nitrogens is 2. The number of benzene rings is 2. The van der Waals surface area contributed by atoms with Crippen LogP contribution in [0.2, 0.25) is 0 Å². The molecule has 2 aromatic carbocycles. The summed E-state index contributed by atoms with van der Waals surface area (Å²) in [5.41, 5.74) is 3.59. The molecule has 1 atom stereocenters. The van der Waals surface area contributed by atoms with Gasteiger partial charge in [-0.1, -0.05) is 30.3 Å². The van der Waals surface area contributed by atoms with Gasteiger partial charge in [-0.2, -0.15) is 5.10 Å². The first-order valence-corrected chi connectivity index (χ1v) is 14.4. The van der Waals surface area contributed by atoms with E-state index in [-0.39, 0.29) is 17.6 Å². The molecule has 10 heteroatoms. The summed E-state index contributed by atoms with van der Waals surface area (Å²) in [5, 5.41) is 4.67. The number of hydrogen-bond donors (Lipinski definition) is 1. The number of halogens is 1. The molecule has 2 heterocycles. The molecule has 1 aromatic heterocycles. The molecule has 3 aromatic rings. The zero-order chi connectivity index (χ0) is 26.2. The van der Waals surface area contributed by atoms with Crippen LogP contribution in [-0.2, 0) is 23.6 Å². The van der Waals surface area contributed by atoms with E-state index in [0.29, 0.717) is 12.3 Å². The molecular formula is C27H31FN4O4S. The monoisotopic (exact) mass is 526 g/mol. The summed E-state index contributed by atoms with van der Waals surface area (Å²) < 4.78 is 47.9. The third kappa shape index (κ3) is 6.19. The van der Waals surface area contributed by atoms with Gasteiger partial charge in [0.15, 0.2) is 0 Å². The predicted octanol–water partition coefficient (Wildman–Crippen LogP) is 3.84. The topological polar surface area (TPSA) is 93.5 Å². The van der Waals surface area contributed by atoms with Crippen molar-refractivity contribution in [3.8, 4) is 17.0 Å². The number of rotatable bonds is 8.